The summed E-state index contributed by atoms with van der Waals surface area (Å²) in [5.41, 5.74) is 0.840. The van der Waals surface area contributed by atoms with Gasteiger partial charge in [-0.3, -0.25) is 0 Å². The second kappa shape index (κ2) is 6.02. The van der Waals surface area contributed by atoms with Gasteiger partial charge in [-0.2, -0.15) is 0 Å². The molecule has 0 amide bonds. The molecule has 0 heterocycles. The summed E-state index contributed by atoms with van der Waals surface area (Å²) < 4.78 is 5.42. The quantitative estimate of drug-likeness (QED) is 0.673. The van der Waals surface area contributed by atoms with E-state index in [1.807, 2.05) is 0 Å². The van der Waals surface area contributed by atoms with Crippen LogP contribution in [0.2, 0.25) is 0 Å². The molecule has 96 valence electrons. The highest BCUT2D eigenvalue weighted by molar-refractivity contribution is 4.91. The van der Waals surface area contributed by atoms with Crippen molar-refractivity contribution in [1.82, 2.24) is 5.32 Å². The zero-order valence-electron chi connectivity index (χ0n) is 11.6. The summed E-state index contributed by atoms with van der Waals surface area (Å²) in [6, 6.07) is 0. The summed E-state index contributed by atoms with van der Waals surface area (Å²) >= 11 is 0. The van der Waals surface area contributed by atoms with Crippen molar-refractivity contribution >= 4 is 0 Å². The maximum absolute atomic E-state index is 5.42. The van der Waals surface area contributed by atoms with E-state index in [2.05, 4.69) is 33.0 Å². The molecule has 0 atom stereocenters. The second-order valence-corrected chi connectivity index (χ2v) is 6.26. The van der Waals surface area contributed by atoms with Crippen LogP contribution in [0, 0.1) is 5.41 Å². The van der Waals surface area contributed by atoms with Crippen LogP contribution < -0.4 is 5.32 Å². The Morgan fingerprint density at radius 2 is 1.94 bits per heavy atom. The summed E-state index contributed by atoms with van der Waals surface area (Å²) in [4.78, 5) is 0. The lowest BCUT2D eigenvalue weighted by Crippen LogP contribution is -2.47. The highest BCUT2D eigenvalue weighted by Gasteiger charge is 2.36. The molecule has 2 heteroatoms. The summed E-state index contributed by atoms with van der Waals surface area (Å²) in [6.07, 6.45) is 6.78. The molecule has 0 unspecified atom stereocenters. The first-order chi connectivity index (χ1) is 7.47. The molecule has 0 aromatic rings. The van der Waals surface area contributed by atoms with Crippen LogP contribution in [0.4, 0.5) is 0 Å². The van der Waals surface area contributed by atoms with E-state index in [1.165, 1.54) is 38.6 Å². The molecule has 0 spiro atoms. The zero-order valence-corrected chi connectivity index (χ0v) is 11.6. The van der Waals surface area contributed by atoms with Crippen LogP contribution in [0.15, 0.2) is 0 Å². The minimum Gasteiger partial charge on any atom is -0.382 e. The van der Waals surface area contributed by atoms with E-state index in [1.54, 1.807) is 0 Å². The molecule has 0 aromatic carbocycles. The fourth-order valence-corrected chi connectivity index (χ4v) is 2.34. The Morgan fingerprint density at radius 1 is 1.25 bits per heavy atom. The smallest absolute Gasteiger partial charge is 0.0466 e. The van der Waals surface area contributed by atoms with Crippen LogP contribution in [0.3, 0.4) is 0 Å². The van der Waals surface area contributed by atoms with Crippen molar-refractivity contribution < 1.29 is 4.74 Å². The van der Waals surface area contributed by atoms with Gasteiger partial charge in [-0.05, 0) is 58.8 Å². The highest BCUT2D eigenvalue weighted by Crippen LogP contribution is 2.44. The Morgan fingerprint density at radius 3 is 2.38 bits per heavy atom. The Bertz CT molecular complexity index is 191. The number of nitrogens with one attached hydrogen (secondary N) is 1. The number of ether oxygens (including phenoxy) is 1. The molecule has 1 rings (SSSR count). The van der Waals surface area contributed by atoms with Crippen LogP contribution in [-0.2, 0) is 4.74 Å². The van der Waals surface area contributed by atoms with Gasteiger partial charge < -0.3 is 10.1 Å². The average molecular weight is 227 g/mol. The molecule has 16 heavy (non-hydrogen) atoms. The molecule has 1 saturated carbocycles. The van der Waals surface area contributed by atoms with Crippen LogP contribution >= 0.6 is 0 Å². The van der Waals surface area contributed by atoms with Gasteiger partial charge in [-0.25, -0.2) is 0 Å². The van der Waals surface area contributed by atoms with Crippen molar-refractivity contribution in [1.29, 1.82) is 0 Å². The largest absolute Gasteiger partial charge is 0.382 e. The lowest BCUT2D eigenvalue weighted by molar-refractivity contribution is 0.0778. The van der Waals surface area contributed by atoms with Gasteiger partial charge in [0.1, 0.15) is 0 Å². The molecule has 0 bridgehead atoms. The minimum atomic E-state index is 0.252. The van der Waals surface area contributed by atoms with Gasteiger partial charge in [-0.15, -0.1) is 0 Å². The van der Waals surface area contributed by atoms with Gasteiger partial charge in [0.05, 0.1) is 0 Å². The minimum absolute atomic E-state index is 0.252. The van der Waals surface area contributed by atoms with Crippen LogP contribution in [0.25, 0.3) is 0 Å². The third-order valence-corrected chi connectivity index (χ3v) is 3.61. The zero-order chi connectivity index (χ0) is 12.1. The molecule has 1 aliphatic rings. The molecule has 1 N–H and O–H groups in total. The first-order valence-corrected chi connectivity index (χ1v) is 6.80. The first-order valence-electron chi connectivity index (χ1n) is 6.80. The maximum Gasteiger partial charge on any atom is 0.0466 e. The van der Waals surface area contributed by atoms with Gasteiger partial charge in [0.25, 0.3) is 0 Å². The van der Waals surface area contributed by atoms with Gasteiger partial charge in [-0.1, -0.05) is 6.42 Å². The molecule has 0 aliphatic heterocycles. The number of hydrogen-bond acceptors (Lipinski definition) is 2. The van der Waals surface area contributed by atoms with E-state index in [0.29, 0.717) is 5.41 Å². The lowest BCUT2D eigenvalue weighted by Gasteiger charge is -2.44. The second-order valence-electron chi connectivity index (χ2n) is 6.26. The maximum atomic E-state index is 5.42. The third kappa shape index (κ3) is 4.84. The van der Waals surface area contributed by atoms with Crippen LogP contribution in [-0.4, -0.2) is 25.3 Å². The van der Waals surface area contributed by atoms with Crippen LogP contribution in [0.1, 0.15) is 59.8 Å². The van der Waals surface area contributed by atoms with Crippen LogP contribution in [0.5, 0.6) is 0 Å². The van der Waals surface area contributed by atoms with E-state index in [0.717, 1.165) is 13.2 Å². The van der Waals surface area contributed by atoms with Crippen molar-refractivity contribution in [3.63, 3.8) is 0 Å². The number of hydrogen-bond donors (Lipinski definition) is 1. The summed E-state index contributed by atoms with van der Waals surface area (Å²) in [5.74, 6) is 0. The Kier molecular flexibility index (Phi) is 5.26. The predicted octanol–water partition coefficient (Wildman–Crippen LogP) is 3.36. The van der Waals surface area contributed by atoms with Crippen molar-refractivity contribution in [2.45, 2.75) is 65.3 Å². The van der Waals surface area contributed by atoms with Crippen molar-refractivity contribution in [3.05, 3.63) is 0 Å². The predicted molar refractivity (Wildman–Crippen MR) is 69.8 cm³/mol. The molecule has 0 aromatic heterocycles. The van der Waals surface area contributed by atoms with Crippen molar-refractivity contribution in [3.8, 4) is 0 Å². The molecule has 0 saturated heterocycles. The normalized spacial score (nSPS) is 19.5. The van der Waals surface area contributed by atoms with E-state index < -0.39 is 0 Å². The highest BCUT2D eigenvalue weighted by atomic mass is 16.5. The SMILES string of the molecule is CCOCCCC1(CNC(C)(C)C)CCC1. The Hall–Kier alpha value is -0.0800. The van der Waals surface area contributed by atoms with Crippen molar-refractivity contribution in [2.24, 2.45) is 5.41 Å². The Balaban J connectivity index is 2.22. The fourth-order valence-electron chi connectivity index (χ4n) is 2.34. The molecule has 0 radical (unpaired) electrons. The first kappa shape index (κ1) is 14.0. The van der Waals surface area contributed by atoms with Gasteiger partial charge in [0, 0.05) is 25.3 Å². The average Bonchev–Trinajstić information content (AvgIpc) is 2.13. The topological polar surface area (TPSA) is 21.3 Å². The summed E-state index contributed by atoms with van der Waals surface area (Å²) in [6.45, 7) is 11.8. The molecule has 1 aliphatic carbocycles. The van der Waals surface area contributed by atoms with E-state index in [9.17, 15) is 0 Å². The van der Waals surface area contributed by atoms with Crippen molar-refractivity contribution in [2.75, 3.05) is 19.8 Å². The van der Waals surface area contributed by atoms with Gasteiger partial charge in [0.2, 0.25) is 0 Å². The number of rotatable bonds is 7. The standard InChI is InChI=1S/C14H29NO/c1-5-16-11-7-10-14(8-6-9-14)12-15-13(2,3)4/h15H,5-12H2,1-4H3. The fraction of sp³-hybridized carbons (Fsp3) is 1.00. The molecular weight excluding hydrogens is 198 g/mol. The molecule has 1 fully saturated rings. The monoisotopic (exact) mass is 227 g/mol. The summed E-state index contributed by atoms with van der Waals surface area (Å²) in [7, 11) is 0. The Labute approximate surface area is 101 Å². The third-order valence-electron chi connectivity index (χ3n) is 3.61. The van der Waals surface area contributed by atoms with E-state index in [-0.39, 0.29) is 5.54 Å². The molecule has 2 nitrogen and oxygen atoms in total. The van der Waals surface area contributed by atoms with Gasteiger partial charge >= 0.3 is 0 Å². The van der Waals surface area contributed by atoms with E-state index >= 15 is 0 Å². The molecular formula is C14H29NO. The lowest BCUT2D eigenvalue weighted by atomic mass is 9.66. The van der Waals surface area contributed by atoms with Gasteiger partial charge in [0.15, 0.2) is 0 Å². The van der Waals surface area contributed by atoms with E-state index in [4.69, 9.17) is 4.74 Å². The summed E-state index contributed by atoms with van der Waals surface area (Å²) in [5, 5.41) is 3.66.